The summed E-state index contributed by atoms with van der Waals surface area (Å²) in [5.74, 6) is 0. The first kappa shape index (κ1) is 10.4. The van der Waals surface area contributed by atoms with Crippen molar-refractivity contribution >= 4 is 27.5 Å². The average molecular weight is 277 g/mol. The Bertz CT molecular complexity index is 345. The maximum Gasteiger partial charge on any atom is 0.0698 e. The number of nitrogens with one attached hydrogen (secondary N) is 2. The van der Waals surface area contributed by atoms with Crippen molar-refractivity contribution in [2.75, 3.05) is 0 Å². The van der Waals surface area contributed by atoms with Crippen LogP contribution < -0.4 is 16.6 Å². The lowest BCUT2D eigenvalue weighted by Crippen LogP contribution is -2.36. The normalized spacial score (nSPS) is 26.8. The lowest BCUT2D eigenvalue weighted by molar-refractivity contribution is 0.551. The summed E-state index contributed by atoms with van der Waals surface area (Å²) in [7, 11) is 0. The predicted molar refractivity (Wildman–Crippen MR) is 60.8 cm³/mol. The molecule has 2 atom stereocenters. The summed E-state index contributed by atoms with van der Waals surface area (Å²) in [5.41, 5.74) is 12.9. The average Bonchev–Trinajstić information content (AvgIpc) is 2.57. The van der Waals surface area contributed by atoms with E-state index in [4.69, 9.17) is 17.3 Å². The highest BCUT2D eigenvalue weighted by Gasteiger charge is 2.24. The molecule has 1 saturated heterocycles. The van der Waals surface area contributed by atoms with Gasteiger partial charge in [-0.25, -0.2) is 10.9 Å². The third-order valence-electron chi connectivity index (χ3n) is 2.29. The molecule has 14 heavy (non-hydrogen) atoms. The molecule has 1 aliphatic rings. The summed E-state index contributed by atoms with van der Waals surface area (Å²) in [5, 5.41) is 0.751. The standard InChI is InChI=1S/C9H11BrClN3/c10-6-3-1-2-5(9(6)11)7-4-8(12)14-13-7/h1-3,7-8,13-14H,4,12H2. The van der Waals surface area contributed by atoms with Gasteiger partial charge in [-0.1, -0.05) is 23.7 Å². The molecule has 0 bridgehead atoms. The maximum atomic E-state index is 6.17. The third-order valence-corrected chi connectivity index (χ3v) is 3.60. The van der Waals surface area contributed by atoms with Crippen molar-refractivity contribution in [2.24, 2.45) is 5.73 Å². The Hall–Kier alpha value is -0.130. The van der Waals surface area contributed by atoms with Crippen molar-refractivity contribution in [2.45, 2.75) is 18.6 Å². The van der Waals surface area contributed by atoms with Gasteiger partial charge >= 0.3 is 0 Å². The van der Waals surface area contributed by atoms with E-state index in [0.29, 0.717) is 0 Å². The van der Waals surface area contributed by atoms with Crippen LogP contribution in [0, 0.1) is 0 Å². The molecule has 1 fully saturated rings. The summed E-state index contributed by atoms with van der Waals surface area (Å²) in [6, 6.07) is 6.09. The van der Waals surface area contributed by atoms with Crippen LogP contribution >= 0.6 is 27.5 Å². The maximum absolute atomic E-state index is 6.17. The van der Waals surface area contributed by atoms with Gasteiger partial charge in [0.05, 0.1) is 17.2 Å². The first-order valence-corrected chi connectivity index (χ1v) is 5.56. The molecule has 0 aliphatic carbocycles. The van der Waals surface area contributed by atoms with Crippen LogP contribution in [0.2, 0.25) is 5.02 Å². The number of rotatable bonds is 1. The van der Waals surface area contributed by atoms with E-state index >= 15 is 0 Å². The molecule has 0 spiro atoms. The molecule has 76 valence electrons. The summed E-state index contributed by atoms with van der Waals surface area (Å²) < 4.78 is 0.916. The van der Waals surface area contributed by atoms with Crippen LogP contribution in [0.4, 0.5) is 0 Å². The van der Waals surface area contributed by atoms with Crippen LogP contribution in [0.15, 0.2) is 22.7 Å². The second kappa shape index (κ2) is 4.16. The van der Waals surface area contributed by atoms with E-state index in [-0.39, 0.29) is 12.2 Å². The fourth-order valence-corrected chi connectivity index (χ4v) is 2.21. The Morgan fingerprint density at radius 2 is 2.21 bits per heavy atom. The Morgan fingerprint density at radius 1 is 1.43 bits per heavy atom. The minimum absolute atomic E-state index is 0.00458. The van der Waals surface area contributed by atoms with Gasteiger partial charge in [-0.3, -0.25) is 0 Å². The third kappa shape index (κ3) is 1.94. The molecule has 0 aromatic heterocycles. The first-order valence-electron chi connectivity index (χ1n) is 4.39. The number of halogens is 2. The van der Waals surface area contributed by atoms with Crippen LogP contribution in [0.25, 0.3) is 0 Å². The molecule has 2 rings (SSSR count). The highest BCUT2D eigenvalue weighted by Crippen LogP contribution is 2.32. The van der Waals surface area contributed by atoms with Gasteiger partial charge in [0.2, 0.25) is 0 Å². The Balaban J connectivity index is 2.28. The van der Waals surface area contributed by atoms with Gasteiger partial charge in [0, 0.05) is 4.47 Å². The van der Waals surface area contributed by atoms with E-state index in [1.54, 1.807) is 0 Å². The molecule has 3 nitrogen and oxygen atoms in total. The monoisotopic (exact) mass is 275 g/mol. The molecule has 1 aromatic rings. The van der Waals surface area contributed by atoms with Gasteiger partial charge in [-0.15, -0.1) is 0 Å². The minimum atomic E-state index is -0.00458. The SMILES string of the molecule is NC1CC(c2cccc(Br)c2Cl)NN1. The van der Waals surface area contributed by atoms with E-state index in [1.807, 2.05) is 18.2 Å². The number of nitrogens with two attached hydrogens (primary N) is 1. The predicted octanol–water partition coefficient (Wildman–Crippen LogP) is 1.93. The van der Waals surface area contributed by atoms with Crippen molar-refractivity contribution in [3.63, 3.8) is 0 Å². The fourth-order valence-electron chi connectivity index (χ4n) is 1.57. The van der Waals surface area contributed by atoms with Gasteiger partial charge in [0.15, 0.2) is 0 Å². The second-order valence-corrected chi connectivity index (χ2v) is 4.56. The van der Waals surface area contributed by atoms with E-state index in [2.05, 4.69) is 26.8 Å². The van der Waals surface area contributed by atoms with E-state index in [0.717, 1.165) is 21.5 Å². The second-order valence-electron chi connectivity index (χ2n) is 3.33. The minimum Gasteiger partial charge on any atom is -0.315 e. The van der Waals surface area contributed by atoms with Crippen LogP contribution in [0.3, 0.4) is 0 Å². The number of benzene rings is 1. The van der Waals surface area contributed by atoms with Crippen molar-refractivity contribution in [3.05, 3.63) is 33.3 Å². The van der Waals surface area contributed by atoms with Gasteiger partial charge in [-0.05, 0) is 34.0 Å². The van der Waals surface area contributed by atoms with Crippen LogP contribution in [0.1, 0.15) is 18.0 Å². The van der Waals surface area contributed by atoms with Crippen molar-refractivity contribution in [1.29, 1.82) is 0 Å². The Morgan fingerprint density at radius 3 is 2.86 bits per heavy atom. The highest BCUT2D eigenvalue weighted by molar-refractivity contribution is 9.10. The van der Waals surface area contributed by atoms with Crippen LogP contribution in [-0.4, -0.2) is 6.17 Å². The van der Waals surface area contributed by atoms with Crippen molar-refractivity contribution in [3.8, 4) is 0 Å². The summed E-state index contributed by atoms with van der Waals surface area (Å²) in [4.78, 5) is 0. The van der Waals surface area contributed by atoms with E-state index in [1.165, 1.54) is 0 Å². The lowest BCUT2D eigenvalue weighted by Gasteiger charge is -2.12. The number of hydrogen-bond donors (Lipinski definition) is 3. The highest BCUT2D eigenvalue weighted by atomic mass is 79.9. The molecule has 2 unspecified atom stereocenters. The molecular weight excluding hydrogens is 265 g/mol. The molecule has 0 saturated carbocycles. The molecule has 4 N–H and O–H groups in total. The van der Waals surface area contributed by atoms with Crippen molar-refractivity contribution < 1.29 is 0 Å². The molecule has 0 amide bonds. The largest absolute Gasteiger partial charge is 0.315 e. The van der Waals surface area contributed by atoms with Crippen LogP contribution in [0.5, 0.6) is 0 Å². The molecule has 1 heterocycles. The van der Waals surface area contributed by atoms with Crippen molar-refractivity contribution in [1.82, 2.24) is 10.9 Å². The lowest BCUT2D eigenvalue weighted by atomic mass is 10.0. The topological polar surface area (TPSA) is 50.1 Å². The number of hydrogen-bond acceptors (Lipinski definition) is 3. The summed E-state index contributed by atoms with van der Waals surface area (Å²) >= 11 is 9.56. The molecule has 1 aliphatic heterocycles. The van der Waals surface area contributed by atoms with Gasteiger partial charge < -0.3 is 5.73 Å². The number of hydrazine groups is 1. The zero-order valence-corrected chi connectivity index (χ0v) is 9.77. The Kier molecular flexibility index (Phi) is 3.09. The van der Waals surface area contributed by atoms with E-state index in [9.17, 15) is 0 Å². The zero-order chi connectivity index (χ0) is 10.1. The summed E-state index contributed by atoms with van der Waals surface area (Å²) in [6.07, 6.45) is 0.839. The molecule has 0 radical (unpaired) electrons. The van der Waals surface area contributed by atoms with Gasteiger partial charge in [0.1, 0.15) is 0 Å². The van der Waals surface area contributed by atoms with E-state index < -0.39 is 0 Å². The molecule has 1 aromatic carbocycles. The van der Waals surface area contributed by atoms with Gasteiger partial charge in [0.25, 0.3) is 0 Å². The fraction of sp³-hybridized carbons (Fsp3) is 0.333. The molecular formula is C9H11BrClN3. The molecule has 5 heteroatoms. The quantitative estimate of drug-likeness (QED) is 0.734. The van der Waals surface area contributed by atoms with Gasteiger partial charge in [-0.2, -0.15) is 0 Å². The summed E-state index contributed by atoms with van der Waals surface area (Å²) in [6.45, 7) is 0. The zero-order valence-electron chi connectivity index (χ0n) is 7.43. The smallest absolute Gasteiger partial charge is 0.0698 e. The van der Waals surface area contributed by atoms with Crippen LogP contribution in [-0.2, 0) is 0 Å². The Labute approximate surface area is 96.1 Å². The first-order chi connectivity index (χ1) is 6.68.